The summed E-state index contributed by atoms with van der Waals surface area (Å²) in [4.78, 5) is 4.53. The second-order valence-electron chi connectivity index (χ2n) is 6.54. The van der Waals surface area contributed by atoms with Crippen molar-refractivity contribution < 1.29 is 10.2 Å². The van der Waals surface area contributed by atoms with Gasteiger partial charge in [0.1, 0.15) is 5.52 Å². The summed E-state index contributed by atoms with van der Waals surface area (Å²) >= 11 is 12.1. The normalized spacial score (nSPS) is 11.3. The molecule has 0 radical (unpaired) electrons. The molecule has 0 unspecified atom stereocenters. The van der Waals surface area contributed by atoms with Gasteiger partial charge in [-0.1, -0.05) is 68.1 Å². The number of nitrogens with zero attached hydrogens (tertiary/aromatic N) is 1. The third kappa shape index (κ3) is 6.32. The highest BCUT2D eigenvalue weighted by molar-refractivity contribution is 6.39. The first-order valence-electron chi connectivity index (χ1n) is 9.21. The van der Waals surface area contributed by atoms with Gasteiger partial charge in [0.2, 0.25) is 0 Å². The van der Waals surface area contributed by atoms with Gasteiger partial charge in [-0.05, 0) is 37.5 Å². The Balaban J connectivity index is 1.72. The van der Waals surface area contributed by atoms with Gasteiger partial charge in [-0.25, -0.2) is 4.98 Å². The molecule has 0 atom stereocenters. The van der Waals surface area contributed by atoms with Crippen LogP contribution in [0.5, 0.6) is 5.75 Å². The lowest BCUT2D eigenvalue weighted by Crippen LogP contribution is -1.92. The van der Waals surface area contributed by atoms with Crippen molar-refractivity contribution in [3.63, 3.8) is 0 Å². The van der Waals surface area contributed by atoms with Gasteiger partial charge in [0.15, 0.2) is 5.75 Å². The lowest BCUT2D eigenvalue weighted by atomic mass is 10.1. The Morgan fingerprint density at radius 2 is 1.40 bits per heavy atom. The minimum absolute atomic E-state index is 0.00381. The fourth-order valence-electron chi connectivity index (χ4n) is 3.04. The van der Waals surface area contributed by atoms with Gasteiger partial charge in [0, 0.05) is 17.7 Å². The monoisotopic (exact) mass is 383 g/mol. The lowest BCUT2D eigenvalue weighted by molar-refractivity contribution is 0.282. The molecule has 2 N–H and O–H groups in total. The summed E-state index contributed by atoms with van der Waals surface area (Å²) in [6.45, 7) is 0.318. The average Bonchev–Trinajstić information content (AvgIpc) is 2.61. The first kappa shape index (κ1) is 20.3. The number of fused-ring (bicyclic) bond motifs is 1. The van der Waals surface area contributed by atoms with Crippen LogP contribution in [-0.2, 0) is 6.42 Å². The molecule has 0 spiro atoms. The van der Waals surface area contributed by atoms with Crippen molar-refractivity contribution in [2.75, 3.05) is 6.61 Å². The highest BCUT2D eigenvalue weighted by Crippen LogP contribution is 2.36. The van der Waals surface area contributed by atoms with Crippen LogP contribution >= 0.6 is 23.2 Å². The Hall–Kier alpha value is -1.03. The number of aromatic hydroxyl groups is 1. The molecule has 2 aromatic rings. The molecule has 0 aliphatic rings. The zero-order chi connectivity index (χ0) is 18.1. The Morgan fingerprint density at radius 3 is 2.04 bits per heavy atom. The van der Waals surface area contributed by atoms with E-state index < -0.39 is 0 Å². The van der Waals surface area contributed by atoms with E-state index >= 15 is 0 Å². The van der Waals surface area contributed by atoms with Gasteiger partial charge in [0.25, 0.3) is 0 Å². The quantitative estimate of drug-likeness (QED) is 0.448. The number of benzene rings is 1. The molecule has 2 rings (SSSR count). The number of aryl methyl sites for hydroxylation is 1. The molecule has 0 fully saturated rings. The maximum atomic E-state index is 10.1. The number of aromatic nitrogens is 1. The van der Waals surface area contributed by atoms with Crippen molar-refractivity contribution in [2.24, 2.45) is 0 Å². The summed E-state index contributed by atoms with van der Waals surface area (Å²) in [5, 5.41) is 20.3. The van der Waals surface area contributed by atoms with E-state index in [0.717, 1.165) is 36.8 Å². The number of halogens is 2. The van der Waals surface area contributed by atoms with Gasteiger partial charge >= 0.3 is 0 Å². The number of unbranched alkanes of at least 4 members (excludes halogenated alkanes) is 8. The molecule has 0 aliphatic carbocycles. The molecule has 0 bridgehead atoms. The molecule has 1 heterocycles. The van der Waals surface area contributed by atoms with Gasteiger partial charge in [0.05, 0.1) is 10.0 Å². The first-order chi connectivity index (χ1) is 12.1. The van der Waals surface area contributed by atoms with Crippen LogP contribution in [-0.4, -0.2) is 21.8 Å². The molecule has 5 heteroatoms. The summed E-state index contributed by atoms with van der Waals surface area (Å²) in [5.41, 5.74) is 1.45. The maximum absolute atomic E-state index is 10.1. The first-order valence-corrected chi connectivity index (χ1v) is 9.96. The molecule has 1 aromatic carbocycles. The summed E-state index contributed by atoms with van der Waals surface area (Å²) in [6.07, 6.45) is 11.6. The van der Waals surface area contributed by atoms with Crippen molar-refractivity contribution in [1.82, 2.24) is 4.98 Å². The third-order valence-corrected chi connectivity index (χ3v) is 5.11. The van der Waals surface area contributed by atoms with Crippen LogP contribution in [0.15, 0.2) is 18.2 Å². The number of pyridine rings is 1. The number of hydrogen-bond donors (Lipinski definition) is 2. The number of phenols is 1. The Bertz CT molecular complexity index is 676. The molecule has 0 amide bonds. The molecule has 0 aliphatic heterocycles. The Kier molecular flexibility index (Phi) is 8.80. The van der Waals surface area contributed by atoms with E-state index in [1.807, 2.05) is 12.1 Å². The van der Waals surface area contributed by atoms with Crippen LogP contribution in [0.4, 0.5) is 0 Å². The molecular formula is C20H27Cl2NO2. The molecule has 0 saturated heterocycles. The van der Waals surface area contributed by atoms with Crippen LogP contribution in [0.3, 0.4) is 0 Å². The molecule has 1 aromatic heterocycles. The molecule has 25 heavy (non-hydrogen) atoms. The predicted octanol–water partition coefficient (Wildman–Crippen LogP) is 6.29. The lowest BCUT2D eigenvalue weighted by Gasteiger charge is -2.07. The molecule has 138 valence electrons. The number of aliphatic hydroxyl groups excluding tert-OH is 1. The van der Waals surface area contributed by atoms with E-state index in [0.29, 0.717) is 17.1 Å². The molecule has 0 saturated carbocycles. The highest BCUT2D eigenvalue weighted by atomic mass is 35.5. The third-order valence-electron chi connectivity index (χ3n) is 4.51. The SMILES string of the molecule is OCCCCCCCCCCCc1ccc2c(Cl)cc(Cl)c(O)c2n1. The van der Waals surface area contributed by atoms with E-state index in [1.54, 1.807) is 6.07 Å². The van der Waals surface area contributed by atoms with Crippen molar-refractivity contribution in [3.05, 3.63) is 33.9 Å². The van der Waals surface area contributed by atoms with E-state index in [9.17, 15) is 5.11 Å². The van der Waals surface area contributed by atoms with Crippen molar-refractivity contribution >= 4 is 34.1 Å². The Labute approximate surface area is 160 Å². The number of hydrogen-bond acceptors (Lipinski definition) is 3. The van der Waals surface area contributed by atoms with Crippen LogP contribution in [0.25, 0.3) is 10.9 Å². The highest BCUT2D eigenvalue weighted by Gasteiger charge is 2.11. The minimum atomic E-state index is 0.00381. The fraction of sp³-hybridized carbons (Fsp3) is 0.550. The van der Waals surface area contributed by atoms with Gasteiger partial charge in [-0.2, -0.15) is 0 Å². The van der Waals surface area contributed by atoms with Crippen molar-refractivity contribution in [3.8, 4) is 5.75 Å². The topological polar surface area (TPSA) is 53.4 Å². The van der Waals surface area contributed by atoms with E-state index in [4.69, 9.17) is 28.3 Å². The standard InChI is InChI=1S/C20H27Cl2NO2/c21-17-14-18(22)20(25)19-16(17)12-11-15(23-19)10-8-6-4-2-1-3-5-7-9-13-24/h11-12,14,24-25H,1-10,13H2. The summed E-state index contributed by atoms with van der Waals surface area (Å²) in [7, 11) is 0. The second-order valence-corrected chi connectivity index (χ2v) is 7.36. The molecule has 3 nitrogen and oxygen atoms in total. The van der Waals surface area contributed by atoms with Gasteiger partial charge < -0.3 is 10.2 Å². The van der Waals surface area contributed by atoms with Crippen LogP contribution in [0.1, 0.15) is 63.5 Å². The summed E-state index contributed by atoms with van der Waals surface area (Å²) < 4.78 is 0. The maximum Gasteiger partial charge on any atom is 0.160 e. The van der Waals surface area contributed by atoms with E-state index in [1.165, 1.54) is 38.5 Å². The second kappa shape index (κ2) is 10.8. The van der Waals surface area contributed by atoms with Gasteiger partial charge in [-0.15, -0.1) is 0 Å². The smallest absolute Gasteiger partial charge is 0.160 e. The van der Waals surface area contributed by atoms with E-state index in [-0.39, 0.29) is 10.8 Å². The fourth-order valence-corrected chi connectivity index (χ4v) is 3.55. The van der Waals surface area contributed by atoms with E-state index in [2.05, 4.69) is 4.98 Å². The zero-order valence-corrected chi connectivity index (χ0v) is 16.1. The Morgan fingerprint density at radius 1 is 0.800 bits per heavy atom. The minimum Gasteiger partial charge on any atom is -0.504 e. The van der Waals surface area contributed by atoms with Crippen LogP contribution in [0.2, 0.25) is 10.0 Å². The number of aliphatic hydroxyl groups is 1. The van der Waals surface area contributed by atoms with Crippen LogP contribution < -0.4 is 0 Å². The summed E-state index contributed by atoms with van der Waals surface area (Å²) in [6, 6.07) is 5.43. The van der Waals surface area contributed by atoms with Gasteiger partial charge in [-0.3, -0.25) is 0 Å². The van der Waals surface area contributed by atoms with Crippen LogP contribution in [0, 0.1) is 0 Å². The number of rotatable bonds is 11. The van der Waals surface area contributed by atoms with Crippen molar-refractivity contribution in [2.45, 2.75) is 64.2 Å². The predicted molar refractivity (Wildman–Crippen MR) is 106 cm³/mol. The largest absolute Gasteiger partial charge is 0.504 e. The number of phenolic OH excluding ortho intramolecular Hbond substituents is 1. The summed E-state index contributed by atoms with van der Waals surface area (Å²) in [5.74, 6) is 0.00381. The molecular weight excluding hydrogens is 357 g/mol. The average molecular weight is 384 g/mol. The van der Waals surface area contributed by atoms with Crippen molar-refractivity contribution in [1.29, 1.82) is 0 Å². The zero-order valence-electron chi connectivity index (χ0n) is 14.6.